The summed E-state index contributed by atoms with van der Waals surface area (Å²) in [7, 11) is 1.28. The molecule has 1 aromatic heterocycles. The van der Waals surface area contributed by atoms with E-state index in [1.54, 1.807) is 5.38 Å². The molecule has 4 atom stereocenters. The lowest BCUT2D eigenvalue weighted by atomic mass is 9.99. The third-order valence-electron chi connectivity index (χ3n) is 5.56. The number of β-lactam (4-membered cyclic amide) rings is 1. The number of aromatic nitrogens is 1. The normalized spacial score (nSPS) is 24.5. The van der Waals surface area contributed by atoms with Crippen LogP contribution < -0.4 is 11.1 Å². The molecule has 0 radical (unpaired) electrons. The van der Waals surface area contributed by atoms with Crippen molar-refractivity contribution in [3.05, 3.63) is 22.3 Å². The van der Waals surface area contributed by atoms with Gasteiger partial charge < -0.3 is 30.1 Å². The van der Waals surface area contributed by atoms with Gasteiger partial charge in [-0.3, -0.25) is 19.3 Å². The van der Waals surface area contributed by atoms with Crippen molar-refractivity contribution in [2.75, 3.05) is 25.2 Å². The maximum atomic E-state index is 13.2. The highest BCUT2D eigenvalue weighted by atomic mass is 32.2. The number of esters is 2. The van der Waals surface area contributed by atoms with Gasteiger partial charge in [0.25, 0.3) is 11.8 Å². The van der Waals surface area contributed by atoms with E-state index < -0.39 is 41.5 Å². The number of oxime groups is 1. The predicted octanol–water partition coefficient (Wildman–Crippen LogP) is 0.361. The van der Waals surface area contributed by atoms with Crippen molar-refractivity contribution in [3.63, 3.8) is 0 Å². The van der Waals surface area contributed by atoms with Crippen molar-refractivity contribution in [1.29, 1.82) is 0 Å². The van der Waals surface area contributed by atoms with Crippen molar-refractivity contribution in [3.8, 4) is 0 Å². The van der Waals surface area contributed by atoms with E-state index >= 15 is 0 Å². The third kappa shape index (κ3) is 5.17. The molecule has 4 heterocycles. The van der Waals surface area contributed by atoms with Crippen molar-refractivity contribution in [2.24, 2.45) is 5.16 Å². The maximum Gasteiger partial charge on any atom is 0.358 e. The molecule has 3 aliphatic rings. The number of thioether (sulfide) groups is 1. The van der Waals surface area contributed by atoms with Gasteiger partial charge in [0.1, 0.15) is 29.9 Å². The van der Waals surface area contributed by atoms with Gasteiger partial charge in [-0.15, -0.1) is 23.1 Å². The van der Waals surface area contributed by atoms with Gasteiger partial charge in [-0.05, 0) is 18.4 Å². The smallest absolute Gasteiger partial charge is 0.358 e. The van der Waals surface area contributed by atoms with E-state index in [1.807, 2.05) is 0 Å². The number of hydrogen-bond acceptors (Lipinski definition) is 13. The van der Waals surface area contributed by atoms with Crippen LogP contribution in [0.5, 0.6) is 0 Å². The van der Waals surface area contributed by atoms with Crippen molar-refractivity contribution in [2.45, 2.75) is 50.5 Å². The second-order valence-corrected chi connectivity index (χ2v) is 10.0. The first-order valence-corrected chi connectivity index (χ1v) is 12.9. The van der Waals surface area contributed by atoms with Gasteiger partial charge in [-0.25, -0.2) is 9.78 Å². The molecule has 13 nitrogen and oxygen atoms in total. The Morgan fingerprint density at radius 2 is 2.14 bits per heavy atom. The van der Waals surface area contributed by atoms with E-state index in [-0.39, 0.29) is 28.3 Å². The number of anilines is 1. The molecule has 0 aliphatic carbocycles. The summed E-state index contributed by atoms with van der Waals surface area (Å²) in [4.78, 5) is 60.6. The van der Waals surface area contributed by atoms with Gasteiger partial charge in [0, 0.05) is 31.6 Å². The number of amides is 2. The summed E-state index contributed by atoms with van der Waals surface area (Å²) in [5.74, 6) is -2.21. The Hall–Kier alpha value is -3.17. The highest BCUT2D eigenvalue weighted by molar-refractivity contribution is 8.00. The first kappa shape index (κ1) is 25.9. The Balaban J connectivity index is 1.55. The minimum absolute atomic E-state index is 0.0539. The Bertz CT molecular complexity index is 1130. The Morgan fingerprint density at radius 1 is 1.36 bits per heavy atom. The lowest BCUT2D eigenvalue weighted by Gasteiger charge is -2.50. The van der Waals surface area contributed by atoms with E-state index in [2.05, 4.69) is 15.5 Å². The predicted molar refractivity (Wildman–Crippen MR) is 128 cm³/mol. The zero-order valence-corrected chi connectivity index (χ0v) is 21.3. The summed E-state index contributed by atoms with van der Waals surface area (Å²) in [6, 6.07) is -0.930. The number of nitrogens with zero attached hydrogens (tertiary/aromatic N) is 3. The van der Waals surface area contributed by atoms with Crippen LogP contribution in [0.15, 0.2) is 21.8 Å². The van der Waals surface area contributed by atoms with Gasteiger partial charge in [-0.1, -0.05) is 5.16 Å². The molecular weight excluding hydrogens is 514 g/mol. The number of thiazole rings is 1. The number of rotatable bonds is 8. The molecule has 0 aromatic carbocycles. The lowest BCUT2D eigenvalue weighted by molar-refractivity contribution is -0.182. The fraction of sp³-hybridized carbons (Fsp3) is 0.524. The molecule has 3 aliphatic heterocycles. The summed E-state index contributed by atoms with van der Waals surface area (Å²) < 4.78 is 16.0. The molecule has 15 heteroatoms. The molecule has 36 heavy (non-hydrogen) atoms. The van der Waals surface area contributed by atoms with Crippen LogP contribution in [0, 0.1) is 0 Å². The van der Waals surface area contributed by atoms with Gasteiger partial charge in [0.2, 0.25) is 6.29 Å². The number of fused-ring (bicyclic) bond motifs is 1. The molecule has 2 fully saturated rings. The van der Waals surface area contributed by atoms with Gasteiger partial charge >= 0.3 is 11.9 Å². The highest BCUT2D eigenvalue weighted by Gasteiger charge is 2.55. The molecule has 1 unspecified atom stereocenters. The number of carbonyl (C=O) groups is 4. The Kier molecular flexibility index (Phi) is 7.80. The monoisotopic (exact) mass is 539 g/mol. The molecule has 194 valence electrons. The van der Waals surface area contributed by atoms with E-state index in [0.717, 1.165) is 17.8 Å². The Morgan fingerprint density at radius 3 is 2.75 bits per heavy atom. The van der Waals surface area contributed by atoms with Crippen molar-refractivity contribution >= 4 is 57.7 Å². The van der Waals surface area contributed by atoms with Crippen LogP contribution in [0.25, 0.3) is 0 Å². The molecule has 1 aromatic rings. The fourth-order valence-electron chi connectivity index (χ4n) is 4.10. The summed E-state index contributed by atoms with van der Waals surface area (Å²) in [5, 5.41) is 7.61. The molecule has 0 spiro atoms. The standard InChI is InChI=1S/C21H25N5O8S2/c1-9(27)33-10(2)34-20(30)16-11(13-5-4-6-32-13)7-35-19-15(18(29)26(16)19)24-17(28)14(25-31-3)12-8-36-21(22)23-12/h8,10,13,15,19H,4-7H2,1-3H3,(H2,22,23)(H,24,28)/b25-14-/t10?,13-,15+,19+/m0/s1. The molecule has 2 amide bonds. The molecule has 4 rings (SSSR count). The van der Waals surface area contributed by atoms with Gasteiger partial charge in [0.15, 0.2) is 10.8 Å². The summed E-state index contributed by atoms with van der Waals surface area (Å²) in [5.41, 5.74) is 6.42. The highest BCUT2D eigenvalue weighted by Crippen LogP contribution is 2.43. The molecule has 0 bridgehead atoms. The zero-order chi connectivity index (χ0) is 26.0. The minimum Gasteiger partial charge on any atom is -0.426 e. The van der Waals surface area contributed by atoms with Gasteiger partial charge in [-0.2, -0.15) is 0 Å². The number of nitrogens with one attached hydrogen (secondary N) is 1. The molecule has 0 saturated carbocycles. The second-order valence-electron chi connectivity index (χ2n) is 8.01. The average molecular weight is 540 g/mol. The van der Waals surface area contributed by atoms with Crippen LogP contribution in [0.4, 0.5) is 5.13 Å². The second kappa shape index (κ2) is 10.8. The first-order chi connectivity index (χ1) is 17.2. The SMILES string of the molecule is CO/N=C(\C(=O)N[C@@H]1C(=O)N2C(C(=O)OC(C)OC(C)=O)=C([C@@H]3CCCO3)CS[C@H]12)c1csc(N)n1. The Labute approximate surface area is 214 Å². The van der Waals surface area contributed by atoms with Crippen LogP contribution in [0.3, 0.4) is 0 Å². The largest absolute Gasteiger partial charge is 0.426 e. The maximum absolute atomic E-state index is 13.2. The summed E-state index contributed by atoms with van der Waals surface area (Å²) in [6.07, 6.45) is 0.0461. The molecular formula is C21H25N5O8S2. The van der Waals surface area contributed by atoms with E-state index in [1.165, 1.54) is 37.6 Å². The summed E-state index contributed by atoms with van der Waals surface area (Å²) >= 11 is 2.52. The minimum atomic E-state index is -1.15. The van der Waals surface area contributed by atoms with E-state index in [0.29, 0.717) is 24.4 Å². The average Bonchev–Trinajstić information content (AvgIpc) is 3.51. The molecule has 2 saturated heterocycles. The van der Waals surface area contributed by atoms with Crippen LogP contribution >= 0.6 is 23.1 Å². The number of nitrogens with two attached hydrogens (primary N) is 1. The topological polar surface area (TPSA) is 172 Å². The number of hydrogen-bond donors (Lipinski definition) is 2. The lowest BCUT2D eigenvalue weighted by Crippen LogP contribution is -2.71. The number of nitrogen functional groups attached to an aromatic ring is 1. The van der Waals surface area contributed by atoms with Crippen LogP contribution in [-0.4, -0.2) is 82.6 Å². The van der Waals surface area contributed by atoms with E-state index in [9.17, 15) is 19.2 Å². The van der Waals surface area contributed by atoms with Crippen LogP contribution in [-0.2, 0) is 38.2 Å². The van der Waals surface area contributed by atoms with Crippen LogP contribution in [0.1, 0.15) is 32.4 Å². The quantitative estimate of drug-likeness (QED) is 0.154. The van der Waals surface area contributed by atoms with Crippen molar-refractivity contribution < 1.29 is 38.2 Å². The van der Waals surface area contributed by atoms with Crippen LogP contribution in [0.2, 0.25) is 0 Å². The fourth-order valence-corrected chi connectivity index (χ4v) is 6.05. The summed E-state index contributed by atoms with van der Waals surface area (Å²) in [6.45, 7) is 3.15. The first-order valence-electron chi connectivity index (χ1n) is 11.0. The van der Waals surface area contributed by atoms with Crippen molar-refractivity contribution in [1.82, 2.24) is 15.2 Å². The third-order valence-corrected chi connectivity index (χ3v) is 7.54. The number of ether oxygens (including phenoxy) is 3. The zero-order valence-electron chi connectivity index (χ0n) is 19.7. The van der Waals surface area contributed by atoms with E-state index in [4.69, 9.17) is 24.8 Å². The number of carbonyl (C=O) groups excluding carboxylic acids is 4. The molecule has 3 N–H and O–H groups in total. The van der Waals surface area contributed by atoms with Gasteiger partial charge in [0.05, 0.1) is 6.10 Å².